The number of carbonyl (C=O) groups is 1. The monoisotopic (exact) mass is 362 g/mol. The maximum absolute atomic E-state index is 12.7. The molecule has 1 aliphatic rings. The first-order chi connectivity index (χ1) is 13.2. The summed E-state index contributed by atoms with van der Waals surface area (Å²) in [6, 6.07) is 14.2. The molecule has 2 aromatic carbocycles. The molecule has 2 heterocycles. The molecule has 4 nitrogen and oxygen atoms in total. The van der Waals surface area contributed by atoms with Crippen LogP contribution in [-0.4, -0.2) is 19.0 Å². The number of para-hydroxylation sites is 2. The minimum Gasteiger partial charge on any atom is -0.464 e. The van der Waals surface area contributed by atoms with Gasteiger partial charge in [-0.3, -0.25) is 4.79 Å². The molecule has 0 bridgehead atoms. The van der Waals surface area contributed by atoms with Crippen molar-refractivity contribution in [1.29, 1.82) is 0 Å². The Morgan fingerprint density at radius 1 is 1.07 bits per heavy atom. The Morgan fingerprint density at radius 2 is 1.85 bits per heavy atom. The molecule has 1 aromatic heterocycles. The molecule has 1 saturated heterocycles. The molecule has 1 amide bonds. The molecular weight excluding hydrogens is 336 g/mol. The fourth-order valence-corrected chi connectivity index (χ4v) is 3.86. The molecule has 140 valence electrons. The van der Waals surface area contributed by atoms with E-state index < -0.39 is 0 Å². The number of rotatable bonds is 4. The van der Waals surface area contributed by atoms with E-state index in [1.54, 1.807) is 6.26 Å². The van der Waals surface area contributed by atoms with Crippen LogP contribution in [-0.2, 0) is 11.2 Å². The van der Waals surface area contributed by atoms with Gasteiger partial charge < -0.3 is 14.6 Å². The summed E-state index contributed by atoms with van der Waals surface area (Å²) in [7, 11) is 0. The number of furan rings is 1. The number of benzene rings is 2. The molecule has 1 aliphatic heterocycles. The van der Waals surface area contributed by atoms with Crippen LogP contribution in [0.25, 0.3) is 11.0 Å². The number of carbonyl (C=O) groups excluding carboxylic acids is 1. The Kier molecular flexibility index (Phi) is 5.14. The van der Waals surface area contributed by atoms with Gasteiger partial charge in [-0.05, 0) is 43.5 Å². The van der Waals surface area contributed by atoms with Crippen LogP contribution in [0, 0.1) is 6.92 Å². The largest absolute Gasteiger partial charge is 0.464 e. The Hall–Kier alpha value is -2.75. The zero-order chi connectivity index (χ0) is 18.6. The lowest BCUT2D eigenvalue weighted by Crippen LogP contribution is -2.26. The summed E-state index contributed by atoms with van der Waals surface area (Å²) in [6.45, 7) is 4.14. The minimum absolute atomic E-state index is 0.0134. The Morgan fingerprint density at radius 3 is 2.67 bits per heavy atom. The molecule has 0 radical (unpaired) electrons. The van der Waals surface area contributed by atoms with Crippen LogP contribution in [0.1, 0.15) is 36.8 Å². The van der Waals surface area contributed by atoms with E-state index in [-0.39, 0.29) is 5.91 Å². The zero-order valence-electron chi connectivity index (χ0n) is 15.8. The molecule has 0 atom stereocenters. The van der Waals surface area contributed by atoms with Crippen LogP contribution in [0.2, 0.25) is 0 Å². The SMILES string of the molecule is Cc1ccc2c(CC(=O)Nc3ccccc3N3CCCCCC3)coc2c1. The number of aryl methyl sites for hydroxylation is 1. The van der Waals surface area contributed by atoms with Gasteiger partial charge in [-0.2, -0.15) is 0 Å². The summed E-state index contributed by atoms with van der Waals surface area (Å²) < 4.78 is 5.63. The Labute approximate surface area is 160 Å². The van der Waals surface area contributed by atoms with E-state index in [2.05, 4.69) is 16.3 Å². The Bertz CT molecular complexity index is 936. The van der Waals surface area contributed by atoms with Gasteiger partial charge in [0.15, 0.2) is 0 Å². The highest BCUT2D eigenvalue weighted by molar-refractivity contribution is 5.97. The first-order valence-electron chi connectivity index (χ1n) is 9.81. The number of hydrogen-bond donors (Lipinski definition) is 1. The van der Waals surface area contributed by atoms with Gasteiger partial charge in [-0.25, -0.2) is 0 Å². The van der Waals surface area contributed by atoms with Gasteiger partial charge in [0.05, 0.1) is 24.1 Å². The maximum atomic E-state index is 12.7. The molecule has 4 heteroatoms. The number of hydrogen-bond acceptors (Lipinski definition) is 3. The third kappa shape index (κ3) is 4.00. The topological polar surface area (TPSA) is 45.5 Å². The van der Waals surface area contributed by atoms with Crippen molar-refractivity contribution in [2.24, 2.45) is 0 Å². The van der Waals surface area contributed by atoms with Gasteiger partial charge >= 0.3 is 0 Å². The van der Waals surface area contributed by atoms with E-state index in [0.29, 0.717) is 6.42 Å². The summed E-state index contributed by atoms with van der Waals surface area (Å²) in [5.74, 6) is -0.0134. The molecule has 4 rings (SSSR count). The van der Waals surface area contributed by atoms with E-state index >= 15 is 0 Å². The quantitative estimate of drug-likeness (QED) is 0.685. The molecular formula is C23H26N2O2. The van der Waals surface area contributed by atoms with Gasteiger partial charge in [-0.15, -0.1) is 0 Å². The average molecular weight is 362 g/mol. The van der Waals surface area contributed by atoms with Crippen molar-refractivity contribution >= 4 is 28.3 Å². The molecule has 0 spiro atoms. The second kappa shape index (κ2) is 7.87. The lowest BCUT2D eigenvalue weighted by molar-refractivity contribution is -0.115. The van der Waals surface area contributed by atoms with Crippen molar-refractivity contribution in [3.63, 3.8) is 0 Å². The molecule has 27 heavy (non-hydrogen) atoms. The zero-order valence-corrected chi connectivity index (χ0v) is 15.8. The van der Waals surface area contributed by atoms with Crippen LogP contribution < -0.4 is 10.2 Å². The second-order valence-electron chi connectivity index (χ2n) is 7.40. The number of anilines is 2. The van der Waals surface area contributed by atoms with Crippen molar-refractivity contribution in [3.05, 3.63) is 59.9 Å². The first kappa shape index (κ1) is 17.7. The third-order valence-electron chi connectivity index (χ3n) is 5.29. The number of amides is 1. The van der Waals surface area contributed by atoms with Gasteiger partial charge in [0.1, 0.15) is 5.58 Å². The van der Waals surface area contributed by atoms with Gasteiger partial charge in [-0.1, -0.05) is 37.1 Å². The van der Waals surface area contributed by atoms with E-state index in [4.69, 9.17) is 4.42 Å². The summed E-state index contributed by atoms with van der Waals surface area (Å²) in [5, 5.41) is 4.13. The van der Waals surface area contributed by atoms with Crippen LogP contribution in [0.5, 0.6) is 0 Å². The van der Waals surface area contributed by atoms with E-state index in [1.165, 1.54) is 25.7 Å². The minimum atomic E-state index is -0.0134. The van der Waals surface area contributed by atoms with E-state index in [9.17, 15) is 4.79 Å². The van der Waals surface area contributed by atoms with Crippen LogP contribution in [0.3, 0.4) is 0 Å². The van der Waals surface area contributed by atoms with Gasteiger partial charge in [0.25, 0.3) is 0 Å². The predicted molar refractivity (Wildman–Crippen MR) is 110 cm³/mol. The number of fused-ring (bicyclic) bond motifs is 1. The van der Waals surface area contributed by atoms with Crippen molar-refractivity contribution in [2.75, 3.05) is 23.3 Å². The van der Waals surface area contributed by atoms with Gasteiger partial charge in [0.2, 0.25) is 5.91 Å². The van der Waals surface area contributed by atoms with Crippen molar-refractivity contribution < 1.29 is 9.21 Å². The summed E-state index contributed by atoms with van der Waals surface area (Å²) >= 11 is 0. The lowest BCUT2D eigenvalue weighted by atomic mass is 10.1. The fourth-order valence-electron chi connectivity index (χ4n) is 3.86. The maximum Gasteiger partial charge on any atom is 0.228 e. The fraction of sp³-hybridized carbons (Fsp3) is 0.348. The molecule has 0 aliphatic carbocycles. The van der Waals surface area contributed by atoms with E-state index in [0.717, 1.165) is 46.6 Å². The molecule has 1 fully saturated rings. The van der Waals surface area contributed by atoms with Crippen molar-refractivity contribution in [2.45, 2.75) is 39.0 Å². The molecule has 0 unspecified atom stereocenters. The van der Waals surface area contributed by atoms with Crippen LogP contribution >= 0.6 is 0 Å². The van der Waals surface area contributed by atoms with Crippen molar-refractivity contribution in [3.8, 4) is 0 Å². The third-order valence-corrected chi connectivity index (χ3v) is 5.29. The lowest BCUT2D eigenvalue weighted by Gasteiger charge is -2.25. The summed E-state index contributed by atoms with van der Waals surface area (Å²) in [6.07, 6.45) is 7.01. The number of nitrogens with one attached hydrogen (secondary N) is 1. The highest BCUT2D eigenvalue weighted by atomic mass is 16.3. The molecule has 1 N–H and O–H groups in total. The standard InChI is InChI=1S/C23H26N2O2/c1-17-10-11-19-18(16-27-22(19)14-17)15-23(26)24-20-8-4-5-9-21(20)25-12-6-2-3-7-13-25/h4-5,8-11,14,16H,2-3,6-7,12-13,15H2,1H3,(H,24,26). The van der Waals surface area contributed by atoms with Crippen molar-refractivity contribution in [1.82, 2.24) is 0 Å². The highest BCUT2D eigenvalue weighted by Crippen LogP contribution is 2.29. The summed E-state index contributed by atoms with van der Waals surface area (Å²) in [5.41, 5.74) is 4.94. The van der Waals surface area contributed by atoms with Crippen LogP contribution in [0.4, 0.5) is 11.4 Å². The summed E-state index contributed by atoms with van der Waals surface area (Å²) in [4.78, 5) is 15.1. The highest BCUT2D eigenvalue weighted by Gasteiger charge is 2.16. The molecule has 0 saturated carbocycles. The average Bonchev–Trinajstić information content (AvgIpc) is 2.88. The van der Waals surface area contributed by atoms with E-state index in [1.807, 2.05) is 43.3 Å². The second-order valence-corrected chi connectivity index (χ2v) is 7.40. The van der Waals surface area contributed by atoms with Gasteiger partial charge in [0, 0.05) is 24.0 Å². The predicted octanol–water partition coefficient (Wildman–Crippen LogP) is 5.30. The Balaban J connectivity index is 1.51. The normalized spacial score (nSPS) is 14.9. The first-order valence-corrected chi connectivity index (χ1v) is 9.81. The smallest absolute Gasteiger partial charge is 0.228 e. The number of nitrogens with zero attached hydrogens (tertiary/aromatic N) is 1. The van der Waals surface area contributed by atoms with Crippen LogP contribution in [0.15, 0.2) is 53.1 Å². The molecule has 3 aromatic rings.